The smallest absolute Gasteiger partial charge is 0.239 e. The summed E-state index contributed by atoms with van der Waals surface area (Å²) in [6.07, 6.45) is 1.08. The number of rotatable bonds is 7. The average molecular weight is 295 g/mol. The highest BCUT2D eigenvalue weighted by atomic mass is 35.5. The lowest BCUT2D eigenvalue weighted by Crippen LogP contribution is -2.54. The molecule has 2 atom stereocenters. The molecule has 19 heavy (non-hydrogen) atoms. The lowest BCUT2D eigenvalue weighted by Gasteiger charge is -2.34. The third-order valence-electron chi connectivity index (χ3n) is 3.42. The molecule has 0 fully saturated rings. The Morgan fingerprint density at radius 1 is 1.32 bits per heavy atom. The van der Waals surface area contributed by atoms with Crippen LogP contribution in [0.15, 0.2) is 0 Å². The number of hydrogen-bond acceptors (Lipinski definition) is 3. The number of nitrogens with one attached hydrogen (secondary N) is 1. The van der Waals surface area contributed by atoms with Gasteiger partial charge in [-0.05, 0) is 19.3 Å². The molecule has 116 valence electrons. The average Bonchev–Trinajstić information content (AvgIpc) is 2.24. The minimum Gasteiger partial charge on any atom is -0.392 e. The van der Waals surface area contributed by atoms with Crippen LogP contribution in [0.25, 0.3) is 0 Å². The van der Waals surface area contributed by atoms with Crippen molar-refractivity contribution in [3.05, 3.63) is 0 Å². The van der Waals surface area contributed by atoms with Crippen LogP contribution in [0.4, 0.5) is 0 Å². The van der Waals surface area contributed by atoms with Crippen molar-refractivity contribution in [1.82, 2.24) is 5.32 Å². The van der Waals surface area contributed by atoms with E-state index in [1.165, 1.54) is 0 Å². The SMILES string of the molecule is CCCC(C)(N)C(=O)NCC(C)(C)C(O)C(C)C.Cl. The lowest BCUT2D eigenvalue weighted by molar-refractivity contribution is -0.127. The molecule has 0 saturated carbocycles. The van der Waals surface area contributed by atoms with Crippen molar-refractivity contribution in [2.75, 3.05) is 6.54 Å². The Morgan fingerprint density at radius 2 is 1.79 bits per heavy atom. The number of carbonyl (C=O) groups is 1. The van der Waals surface area contributed by atoms with Crippen LogP contribution in [0.2, 0.25) is 0 Å². The first-order valence-electron chi connectivity index (χ1n) is 6.80. The van der Waals surface area contributed by atoms with Crippen molar-refractivity contribution in [3.63, 3.8) is 0 Å². The molecule has 0 aromatic carbocycles. The quantitative estimate of drug-likeness (QED) is 0.673. The molecule has 0 rings (SSSR count). The molecule has 0 radical (unpaired) electrons. The molecular formula is C14H31ClN2O2. The summed E-state index contributed by atoms with van der Waals surface area (Å²) in [5.41, 5.74) is 4.78. The van der Waals surface area contributed by atoms with Crippen molar-refractivity contribution >= 4 is 18.3 Å². The van der Waals surface area contributed by atoms with Gasteiger partial charge in [-0.1, -0.05) is 41.0 Å². The van der Waals surface area contributed by atoms with Gasteiger partial charge in [0.15, 0.2) is 0 Å². The van der Waals surface area contributed by atoms with Gasteiger partial charge in [-0.25, -0.2) is 0 Å². The van der Waals surface area contributed by atoms with E-state index in [1.54, 1.807) is 6.92 Å². The number of hydrogen-bond donors (Lipinski definition) is 3. The summed E-state index contributed by atoms with van der Waals surface area (Å²) >= 11 is 0. The van der Waals surface area contributed by atoms with Crippen LogP contribution in [0, 0.1) is 11.3 Å². The van der Waals surface area contributed by atoms with E-state index in [1.807, 2.05) is 34.6 Å². The molecule has 0 bridgehead atoms. The molecule has 0 saturated heterocycles. The number of carbonyl (C=O) groups excluding carboxylic acids is 1. The number of amides is 1. The summed E-state index contributed by atoms with van der Waals surface area (Å²) in [6, 6.07) is 0. The number of aliphatic hydroxyl groups excluding tert-OH is 1. The van der Waals surface area contributed by atoms with Crippen LogP contribution < -0.4 is 11.1 Å². The zero-order valence-electron chi connectivity index (χ0n) is 13.1. The Morgan fingerprint density at radius 3 is 2.16 bits per heavy atom. The highest BCUT2D eigenvalue weighted by Gasteiger charge is 2.33. The van der Waals surface area contributed by atoms with E-state index in [2.05, 4.69) is 5.32 Å². The molecule has 4 nitrogen and oxygen atoms in total. The monoisotopic (exact) mass is 294 g/mol. The van der Waals surface area contributed by atoms with Crippen LogP contribution in [0.3, 0.4) is 0 Å². The normalized spacial score (nSPS) is 16.5. The molecule has 0 aromatic heterocycles. The third-order valence-corrected chi connectivity index (χ3v) is 3.42. The van der Waals surface area contributed by atoms with Gasteiger partial charge >= 0.3 is 0 Å². The molecule has 2 unspecified atom stereocenters. The molecule has 0 aliphatic rings. The predicted molar refractivity (Wildman–Crippen MR) is 82.4 cm³/mol. The summed E-state index contributed by atoms with van der Waals surface area (Å²) in [5, 5.41) is 13.0. The molecule has 4 N–H and O–H groups in total. The fourth-order valence-corrected chi connectivity index (χ4v) is 2.15. The summed E-state index contributed by atoms with van der Waals surface area (Å²) in [5.74, 6) is 0.0187. The van der Waals surface area contributed by atoms with Gasteiger partial charge in [0, 0.05) is 12.0 Å². The third kappa shape index (κ3) is 6.59. The van der Waals surface area contributed by atoms with Gasteiger partial charge in [-0.15, -0.1) is 12.4 Å². The van der Waals surface area contributed by atoms with Crippen molar-refractivity contribution in [3.8, 4) is 0 Å². The standard InChI is InChI=1S/C14H30N2O2.ClH/c1-7-8-14(6,15)12(18)16-9-13(4,5)11(17)10(2)3;/h10-11,17H,7-9,15H2,1-6H3,(H,16,18);1H. The Hall–Kier alpha value is -0.320. The first-order valence-corrected chi connectivity index (χ1v) is 6.80. The zero-order chi connectivity index (χ0) is 14.6. The van der Waals surface area contributed by atoms with Crippen molar-refractivity contribution < 1.29 is 9.90 Å². The van der Waals surface area contributed by atoms with Crippen LogP contribution >= 0.6 is 12.4 Å². The van der Waals surface area contributed by atoms with Crippen molar-refractivity contribution in [1.29, 1.82) is 0 Å². The first-order chi connectivity index (χ1) is 8.04. The molecule has 0 aliphatic carbocycles. The van der Waals surface area contributed by atoms with E-state index in [9.17, 15) is 9.90 Å². The Bertz CT molecular complexity index is 279. The molecule has 5 heteroatoms. The van der Waals surface area contributed by atoms with E-state index in [0.29, 0.717) is 13.0 Å². The zero-order valence-corrected chi connectivity index (χ0v) is 13.9. The second-order valence-electron chi connectivity index (χ2n) is 6.53. The van der Waals surface area contributed by atoms with Gasteiger partial charge in [-0.3, -0.25) is 4.79 Å². The van der Waals surface area contributed by atoms with Crippen LogP contribution in [-0.4, -0.2) is 29.2 Å². The van der Waals surface area contributed by atoms with Gasteiger partial charge in [0.25, 0.3) is 0 Å². The second-order valence-corrected chi connectivity index (χ2v) is 6.53. The van der Waals surface area contributed by atoms with Crippen molar-refractivity contribution in [2.24, 2.45) is 17.1 Å². The van der Waals surface area contributed by atoms with E-state index in [-0.39, 0.29) is 29.6 Å². The first kappa shape index (κ1) is 21.0. The predicted octanol–water partition coefficient (Wildman–Crippen LogP) is 2.08. The summed E-state index contributed by atoms with van der Waals surface area (Å²) < 4.78 is 0. The van der Waals surface area contributed by atoms with Crippen molar-refractivity contribution in [2.45, 2.75) is 66.0 Å². The van der Waals surface area contributed by atoms with Gasteiger partial charge in [0.1, 0.15) is 0 Å². The minimum absolute atomic E-state index is 0. The summed E-state index contributed by atoms with van der Waals surface area (Å²) in [6.45, 7) is 12.0. The van der Waals surface area contributed by atoms with Gasteiger partial charge < -0.3 is 16.2 Å². The maximum atomic E-state index is 12.0. The van der Waals surface area contributed by atoms with E-state index in [4.69, 9.17) is 5.73 Å². The number of aliphatic hydroxyl groups is 1. The number of halogens is 1. The fourth-order valence-electron chi connectivity index (χ4n) is 2.15. The van der Waals surface area contributed by atoms with E-state index < -0.39 is 11.6 Å². The highest BCUT2D eigenvalue weighted by molar-refractivity contribution is 5.85. The Kier molecular flexibility index (Phi) is 8.92. The largest absolute Gasteiger partial charge is 0.392 e. The molecular weight excluding hydrogens is 264 g/mol. The van der Waals surface area contributed by atoms with Crippen LogP contribution in [-0.2, 0) is 4.79 Å². The maximum Gasteiger partial charge on any atom is 0.239 e. The van der Waals surface area contributed by atoms with Gasteiger partial charge in [-0.2, -0.15) is 0 Å². The fraction of sp³-hybridized carbons (Fsp3) is 0.929. The maximum absolute atomic E-state index is 12.0. The van der Waals surface area contributed by atoms with Crippen LogP contribution in [0.1, 0.15) is 54.4 Å². The van der Waals surface area contributed by atoms with E-state index >= 15 is 0 Å². The summed E-state index contributed by atoms with van der Waals surface area (Å²) in [7, 11) is 0. The lowest BCUT2D eigenvalue weighted by atomic mass is 9.80. The van der Waals surface area contributed by atoms with Crippen LogP contribution in [0.5, 0.6) is 0 Å². The number of nitrogens with two attached hydrogens (primary N) is 1. The molecule has 0 heterocycles. The molecule has 1 amide bonds. The topological polar surface area (TPSA) is 75.4 Å². The van der Waals surface area contributed by atoms with Gasteiger partial charge in [0.2, 0.25) is 5.91 Å². The second kappa shape index (κ2) is 8.08. The Balaban J connectivity index is 0. The van der Waals surface area contributed by atoms with Gasteiger partial charge in [0.05, 0.1) is 11.6 Å². The Labute approximate surface area is 123 Å². The van der Waals surface area contributed by atoms with E-state index in [0.717, 1.165) is 6.42 Å². The molecule has 0 aromatic rings. The highest BCUT2D eigenvalue weighted by Crippen LogP contribution is 2.25. The molecule has 0 spiro atoms. The minimum atomic E-state index is -0.826. The summed E-state index contributed by atoms with van der Waals surface area (Å²) in [4.78, 5) is 12.0. The molecule has 0 aliphatic heterocycles.